The van der Waals surface area contributed by atoms with Gasteiger partial charge in [-0.15, -0.1) is 5.10 Å². The Hall–Kier alpha value is -1.47. The van der Waals surface area contributed by atoms with Gasteiger partial charge in [0.05, 0.1) is 12.7 Å². The van der Waals surface area contributed by atoms with E-state index >= 15 is 0 Å². The largest absolute Gasteiger partial charge is 0.381 e. The molecule has 2 fully saturated rings. The van der Waals surface area contributed by atoms with Gasteiger partial charge in [-0.1, -0.05) is 5.21 Å². The Bertz CT molecular complexity index is 594. The smallest absolute Gasteiger partial charge is 0.254 e. The van der Waals surface area contributed by atoms with E-state index in [0.717, 1.165) is 25.7 Å². The first kappa shape index (κ1) is 17.4. The predicted octanol–water partition coefficient (Wildman–Crippen LogP) is 1.63. The summed E-state index contributed by atoms with van der Waals surface area (Å²) in [5.41, 5.74) is -1.26. The quantitative estimate of drug-likeness (QED) is 0.884. The highest BCUT2D eigenvalue weighted by Crippen LogP contribution is 2.38. The van der Waals surface area contributed by atoms with E-state index in [9.17, 15) is 9.90 Å². The molecule has 1 aromatic rings. The summed E-state index contributed by atoms with van der Waals surface area (Å²) < 4.78 is 7.60. The zero-order chi connectivity index (χ0) is 17.4. The monoisotopic (exact) mass is 336 g/mol. The lowest BCUT2D eigenvalue weighted by molar-refractivity contribution is -0.157. The Kier molecular flexibility index (Phi) is 4.66. The van der Waals surface area contributed by atoms with Crippen LogP contribution in [0.1, 0.15) is 64.6 Å². The average Bonchev–Trinajstić information content (AvgIpc) is 3.26. The lowest BCUT2D eigenvalue weighted by atomic mass is 9.98. The van der Waals surface area contributed by atoms with Crippen LogP contribution in [0.5, 0.6) is 0 Å². The molecule has 1 saturated heterocycles. The van der Waals surface area contributed by atoms with Crippen molar-refractivity contribution in [3.63, 3.8) is 0 Å². The molecule has 1 aromatic heterocycles. The molecule has 1 aliphatic heterocycles. The van der Waals surface area contributed by atoms with Crippen molar-refractivity contribution in [2.24, 2.45) is 0 Å². The minimum absolute atomic E-state index is 0.0222. The first-order valence-corrected chi connectivity index (χ1v) is 8.98. The summed E-state index contributed by atoms with van der Waals surface area (Å²) in [7, 11) is 0. The number of nitrogens with zero attached hydrogens (tertiary/aromatic N) is 4. The molecular formula is C17H28N4O3. The number of carbonyl (C=O) groups excluding carboxylic acids is 1. The number of hydrogen-bond acceptors (Lipinski definition) is 5. The molecule has 0 radical (unpaired) electrons. The fourth-order valence-corrected chi connectivity index (χ4v) is 3.85. The number of likely N-dealkylation sites (tertiary alicyclic amines) is 1. The topological polar surface area (TPSA) is 80.5 Å². The number of ether oxygens (including phenoxy) is 1. The van der Waals surface area contributed by atoms with E-state index in [1.807, 2.05) is 20.8 Å². The molecule has 7 nitrogen and oxygen atoms in total. The summed E-state index contributed by atoms with van der Waals surface area (Å²) in [6, 6.07) is 0.189. The Labute approximate surface area is 143 Å². The Morgan fingerprint density at radius 2 is 2.08 bits per heavy atom. The Morgan fingerprint density at radius 3 is 2.67 bits per heavy atom. The molecule has 1 aliphatic carbocycles. The fourth-order valence-electron chi connectivity index (χ4n) is 3.85. The van der Waals surface area contributed by atoms with E-state index in [1.165, 1.54) is 0 Å². The first-order chi connectivity index (χ1) is 11.4. The lowest BCUT2D eigenvalue weighted by Gasteiger charge is -2.32. The van der Waals surface area contributed by atoms with E-state index < -0.39 is 11.2 Å². The van der Waals surface area contributed by atoms with Crippen molar-refractivity contribution in [3.8, 4) is 0 Å². The van der Waals surface area contributed by atoms with E-state index in [-0.39, 0.29) is 18.5 Å². The second-order valence-corrected chi connectivity index (χ2v) is 7.32. The van der Waals surface area contributed by atoms with Gasteiger partial charge in [0, 0.05) is 25.6 Å². The zero-order valence-electron chi connectivity index (χ0n) is 14.9. The summed E-state index contributed by atoms with van der Waals surface area (Å²) in [6.45, 7) is 7.28. The zero-order valence-corrected chi connectivity index (χ0v) is 14.9. The molecule has 2 aliphatic rings. The van der Waals surface area contributed by atoms with Crippen molar-refractivity contribution >= 4 is 5.91 Å². The second-order valence-electron chi connectivity index (χ2n) is 7.32. The van der Waals surface area contributed by atoms with Gasteiger partial charge in [0.2, 0.25) is 0 Å². The minimum Gasteiger partial charge on any atom is -0.381 e. The summed E-state index contributed by atoms with van der Waals surface area (Å²) in [4.78, 5) is 14.8. The van der Waals surface area contributed by atoms with Crippen molar-refractivity contribution in [2.75, 3.05) is 19.7 Å². The highest BCUT2D eigenvalue weighted by atomic mass is 16.5. The predicted molar refractivity (Wildman–Crippen MR) is 88.3 cm³/mol. The third-order valence-corrected chi connectivity index (χ3v) is 5.27. The van der Waals surface area contributed by atoms with Crippen LogP contribution in [-0.2, 0) is 15.1 Å². The van der Waals surface area contributed by atoms with Crippen LogP contribution < -0.4 is 0 Å². The molecule has 24 heavy (non-hydrogen) atoms. The van der Waals surface area contributed by atoms with Crippen LogP contribution >= 0.6 is 0 Å². The van der Waals surface area contributed by atoms with Crippen LogP contribution in [0.4, 0.5) is 0 Å². The minimum atomic E-state index is -1.12. The molecule has 0 bridgehead atoms. The maximum absolute atomic E-state index is 13.0. The Balaban J connectivity index is 1.74. The highest BCUT2D eigenvalue weighted by molar-refractivity contribution is 5.86. The molecule has 1 N–H and O–H groups in total. The fraction of sp³-hybridized carbons (Fsp3) is 0.824. The van der Waals surface area contributed by atoms with Crippen LogP contribution in [0.2, 0.25) is 0 Å². The van der Waals surface area contributed by atoms with Crippen LogP contribution in [0.25, 0.3) is 0 Å². The molecule has 1 amide bonds. The normalized spacial score (nSPS) is 26.5. The van der Waals surface area contributed by atoms with Gasteiger partial charge in [0.1, 0.15) is 16.9 Å². The number of carbonyl (C=O) groups is 1. The lowest BCUT2D eigenvalue weighted by Crippen LogP contribution is -2.49. The molecule has 2 heterocycles. The van der Waals surface area contributed by atoms with Gasteiger partial charge in [-0.05, 0) is 46.5 Å². The molecule has 1 saturated carbocycles. The van der Waals surface area contributed by atoms with Gasteiger partial charge in [-0.25, -0.2) is 4.68 Å². The first-order valence-electron chi connectivity index (χ1n) is 8.98. The molecule has 3 rings (SSSR count). The van der Waals surface area contributed by atoms with E-state index in [2.05, 4.69) is 10.3 Å². The van der Waals surface area contributed by atoms with Gasteiger partial charge in [0.25, 0.3) is 5.91 Å². The number of amides is 1. The highest BCUT2D eigenvalue weighted by Gasteiger charge is 2.49. The van der Waals surface area contributed by atoms with E-state index in [4.69, 9.17) is 4.74 Å². The van der Waals surface area contributed by atoms with Gasteiger partial charge >= 0.3 is 0 Å². The van der Waals surface area contributed by atoms with Gasteiger partial charge in [-0.2, -0.15) is 0 Å². The molecule has 7 heteroatoms. The number of aromatic nitrogens is 3. The van der Waals surface area contributed by atoms with Gasteiger partial charge in [0.15, 0.2) is 0 Å². The van der Waals surface area contributed by atoms with Crippen LogP contribution in [0.3, 0.4) is 0 Å². The molecular weight excluding hydrogens is 308 g/mol. The van der Waals surface area contributed by atoms with Crippen molar-refractivity contribution in [3.05, 3.63) is 11.9 Å². The van der Waals surface area contributed by atoms with Crippen molar-refractivity contribution in [2.45, 2.75) is 70.1 Å². The standard InChI is InChI=1S/C17H28N4O3/c1-4-24-17(7-5-6-8-17)15(22)20-10-9-16(23,12-20)14-11-21(13(2)3)19-18-14/h11,13,23H,4-10,12H2,1-3H3/t16-/m0/s1. The number of β-amino-alcohol motifs (C(OH)–C–C–N with tert-alkyl or cyclic N) is 1. The molecule has 134 valence electrons. The van der Waals surface area contributed by atoms with Crippen molar-refractivity contribution < 1.29 is 14.6 Å². The van der Waals surface area contributed by atoms with Gasteiger partial charge < -0.3 is 14.7 Å². The van der Waals surface area contributed by atoms with Crippen molar-refractivity contribution in [1.82, 2.24) is 19.9 Å². The van der Waals surface area contributed by atoms with Crippen LogP contribution in [-0.4, -0.2) is 56.2 Å². The number of aliphatic hydroxyl groups is 1. The number of rotatable bonds is 5. The summed E-state index contributed by atoms with van der Waals surface area (Å²) in [6.07, 6.45) is 5.86. The molecule has 0 aromatic carbocycles. The Morgan fingerprint density at radius 1 is 1.38 bits per heavy atom. The summed E-state index contributed by atoms with van der Waals surface area (Å²) >= 11 is 0. The molecule has 1 atom stereocenters. The molecule has 0 unspecified atom stereocenters. The maximum atomic E-state index is 13.0. The van der Waals surface area contributed by atoms with E-state index in [0.29, 0.717) is 25.3 Å². The van der Waals surface area contributed by atoms with Crippen LogP contribution in [0.15, 0.2) is 6.20 Å². The van der Waals surface area contributed by atoms with Crippen LogP contribution in [0, 0.1) is 0 Å². The number of hydrogen-bond donors (Lipinski definition) is 1. The SMILES string of the molecule is CCOC1(C(=O)N2CC[C@@](O)(c3cn(C(C)C)nn3)C2)CCCC1. The van der Waals surface area contributed by atoms with E-state index in [1.54, 1.807) is 15.8 Å². The second kappa shape index (κ2) is 6.44. The molecule has 0 spiro atoms. The maximum Gasteiger partial charge on any atom is 0.254 e. The summed E-state index contributed by atoms with van der Waals surface area (Å²) in [5.74, 6) is 0.0222. The van der Waals surface area contributed by atoms with Crippen molar-refractivity contribution in [1.29, 1.82) is 0 Å². The average molecular weight is 336 g/mol. The third kappa shape index (κ3) is 2.95. The van der Waals surface area contributed by atoms with Gasteiger partial charge in [-0.3, -0.25) is 4.79 Å². The summed E-state index contributed by atoms with van der Waals surface area (Å²) in [5, 5.41) is 19.2. The third-order valence-electron chi connectivity index (χ3n) is 5.27.